The predicted octanol–water partition coefficient (Wildman–Crippen LogP) is 2.88. The van der Waals surface area contributed by atoms with E-state index in [-0.39, 0.29) is 5.78 Å². The minimum atomic E-state index is 0.141. The molecule has 0 spiro atoms. The Labute approximate surface area is 68.8 Å². The highest BCUT2D eigenvalue weighted by molar-refractivity contribution is 5.88. The molecule has 0 amide bonds. The van der Waals surface area contributed by atoms with Crippen molar-refractivity contribution < 1.29 is 4.79 Å². The van der Waals surface area contributed by atoms with Gasteiger partial charge in [0, 0.05) is 6.42 Å². The van der Waals surface area contributed by atoms with Gasteiger partial charge in [-0.1, -0.05) is 25.7 Å². The van der Waals surface area contributed by atoms with Crippen molar-refractivity contribution in [3.63, 3.8) is 0 Å². The number of rotatable bonds is 3. The lowest BCUT2D eigenvalue weighted by molar-refractivity contribution is -0.114. The van der Waals surface area contributed by atoms with Crippen LogP contribution in [0.5, 0.6) is 0 Å². The molecule has 62 valence electrons. The third kappa shape index (κ3) is 7.04. The summed E-state index contributed by atoms with van der Waals surface area (Å²) in [6, 6.07) is 0. The van der Waals surface area contributed by atoms with Gasteiger partial charge in [-0.3, -0.25) is 4.79 Å². The highest BCUT2D eigenvalue weighted by Gasteiger charge is 1.87. The van der Waals surface area contributed by atoms with Crippen molar-refractivity contribution in [1.29, 1.82) is 0 Å². The Kier molecular flexibility index (Phi) is 6.70. The largest absolute Gasteiger partial charge is 0.295 e. The number of allylic oxidation sites excluding steroid dienone is 3. The molecule has 1 nitrogen and oxygen atoms in total. The SMILES string of the molecule is C1=CCC1.C=CC(=O)CCC. The lowest BCUT2D eigenvalue weighted by Gasteiger charge is -1.92. The average Bonchev–Trinajstić information content (AvgIpc) is 1.85. The second-order valence-corrected chi connectivity index (χ2v) is 2.47. The van der Waals surface area contributed by atoms with Crippen LogP contribution in [0.15, 0.2) is 24.8 Å². The lowest BCUT2D eigenvalue weighted by atomic mass is 10.1. The van der Waals surface area contributed by atoms with Gasteiger partial charge in [0.25, 0.3) is 0 Å². The summed E-state index contributed by atoms with van der Waals surface area (Å²) in [6.45, 7) is 5.30. The van der Waals surface area contributed by atoms with Gasteiger partial charge in [-0.25, -0.2) is 0 Å². The van der Waals surface area contributed by atoms with Crippen molar-refractivity contribution in [3.8, 4) is 0 Å². The molecule has 0 aliphatic heterocycles. The average molecular weight is 152 g/mol. The normalized spacial score (nSPS) is 12.5. The third-order valence-electron chi connectivity index (χ3n) is 1.39. The van der Waals surface area contributed by atoms with E-state index in [2.05, 4.69) is 18.7 Å². The fraction of sp³-hybridized carbons (Fsp3) is 0.500. The fourth-order valence-electron chi connectivity index (χ4n) is 0.515. The maximum atomic E-state index is 10.3. The Balaban J connectivity index is 0.000000207. The standard InChI is InChI=1S/C6H10O.C4H6/c1-3-5-6(7)4-2;1-2-4-3-1/h4H,2-3,5H2,1H3;1-2H,3-4H2. The molecule has 0 aromatic heterocycles. The van der Waals surface area contributed by atoms with Crippen molar-refractivity contribution in [1.82, 2.24) is 0 Å². The summed E-state index contributed by atoms with van der Waals surface area (Å²) in [5, 5.41) is 0. The molecule has 0 aromatic rings. The maximum Gasteiger partial charge on any atom is 0.155 e. The number of hydrogen-bond donors (Lipinski definition) is 0. The Morgan fingerprint density at radius 2 is 2.00 bits per heavy atom. The van der Waals surface area contributed by atoms with E-state index in [9.17, 15) is 4.79 Å². The second-order valence-electron chi connectivity index (χ2n) is 2.47. The van der Waals surface area contributed by atoms with Crippen LogP contribution in [-0.4, -0.2) is 5.78 Å². The monoisotopic (exact) mass is 152 g/mol. The number of carbonyl (C=O) groups excluding carboxylic acids is 1. The maximum absolute atomic E-state index is 10.3. The minimum Gasteiger partial charge on any atom is -0.295 e. The molecule has 1 aliphatic carbocycles. The summed E-state index contributed by atoms with van der Waals surface area (Å²) in [5.74, 6) is 0.141. The quantitative estimate of drug-likeness (QED) is 0.449. The van der Waals surface area contributed by atoms with Gasteiger partial charge in [0.1, 0.15) is 0 Å². The molecule has 0 radical (unpaired) electrons. The van der Waals surface area contributed by atoms with Crippen molar-refractivity contribution in [3.05, 3.63) is 24.8 Å². The van der Waals surface area contributed by atoms with Gasteiger partial charge in [-0.2, -0.15) is 0 Å². The third-order valence-corrected chi connectivity index (χ3v) is 1.39. The first kappa shape index (κ1) is 10.2. The highest BCUT2D eigenvalue weighted by atomic mass is 16.1. The van der Waals surface area contributed by atoms with Crippen molar-refractivity contribution in [2.24, 2.45) is 0 Å². The molecule has 1 rings (SSSR count). The first-order chi connectivity index (χ1) is 5.31. The van der Waals surface area contributed by atoms with Crippen LogP contribution in [0.25, 0.3) is 0 Å². The van der Waals surface area contributed by atoms with Gasteiger partial charge in [-0.15, -0.1) is 0 Å². The van der Waals surface area contributed by atoms with Crippen LogP contribution in [0, 0.1) is 0 Å². The van der Waals surface area contributed by atoms with E-state index < -0.39 is 0 Å². The van der Waals surface area contributed by atoms with Crippen LogP contribution in [0.3, 0.4) is 0 Å². The molecule has 0 N–H and O–H groups in total. The van der Waals surface area contributed by atoms with Gasteiger partial charge in [0.2, 0.25) is 0 Å². The molecule has 0 saturated carbocycles. The zero-order chi connectivity index (χ0) is 8.53. The summed E-state index contributed by atoms with van der Waals surface area (Å²) in [6.07, 6.45) is 9.93. The number of hydrogen-bond acceptors (Lipinski definition) is 1. The molecule has 0 bridgehead atoms. The van der Waals surface area contributed by atoms with E-state index in [1.807, 2.05) is 6.92 Å². The molecule has 1 aliphatic rings. The summed E-state index contributed by atoms with van der Waals surface area (Å²) < 4.78 is 0. The fourth-order valence-corrected chi connectivity index (χ4v) is 0.515. The molecule has 1 heteroatoms. The number of carbonyl (C=O) groups is 1. The van der Waals surface area contributed by atoms with Crippen LogP contribution in [0.1, 0.15) is 32.6 Å². The van der Waals surface area contributed by atoms with Crippen LogP contribution < -0.4 is 0 Å². The van der Waals surface area contributed by atoms with Gasteiger partial charge in [0.15, 0.2) is 5.78 Å². The van der Waals surface area contributed by atoms with Gasteiger partial charge < -0.3 is 0 Å². The summed E-state index contributed by atoms with van der Waals surface area (Å²) >= 11 is 0. The molecular formula is C10H16O. The lowest BCUT2D eigenvalue weighted by Crippen LogP contribution is -1.87. The van der Waals surface area contributed by atoms with Gasteiger partial charge in [0.05, 0.1) is 0 Å². The molecular weight excluding hydrogens is 136 g/mol. The first-order valence-electron chi connectivity index (χ1n) is 4.11. The first-order valence-corrected chi connectivity index (χ1v) is 4.11. The highest BCUT2D eigenvalue weighted by Crippen LogP contribution is 2.01. The Bertz CT molecular complexity index is 139. The van der Waals surface area contributed by atoms with E-state index in [0.29, 0.717) is 6.42 Å². The van der Waals surface area contributed by atoms with E-state index in [1.54, 1.807) is 0 Å². The predicted molar refractivity (Wildman–Crippen MR) is 48.5 cm³/mol. The second kappa shape index (κ2) is 7.26. The molecule has 0 fully saturated rings. The summed E-state index contributed by atoms with van der Waals surface area (Å²) in [4.78, 5) is 10.3. The van der Waals surface area contributed by atoms with Crippen LogP contribution in [-0.2, 0) is 4.79 Å². The van der Waals surface area contributed by atoms with Crippen molar-refractivity contribution in [2.75, 3.05) is 0 Å². The molecule has 0 heterocycles. The summed E-state index contributed by atoms with van der Waals surface area (Å²) in [5.41, 5.74) is 0. The van der Waals surface area contributed by atoms with Crippen LogP contribution in [0.4, 0.5) is 0 Å². The van der Waals surface area contributed by atoms with E-state index in [1.165, 1.54) is 18.9 Å². The van der Waals surface area contributed by atoms with Gasteiger partial charge >= 0.3 is 0 Å². The molecule has 0 unspecified atom stereocenters. The molecule has 11 heavy (non-hydrogen) atoms. The Morgan fingerprint density at radius 1 is 1.55 bits per heavy atom. The van der Waals surface area contributed by atoms with E-state index in [4.69, 9.17) is 0 Å². The van der Waals surface area contributed by atoms with Crippen molar-refractivity contribution in [2.45, 2.75) is 32.6 Å². The van der Waals surface area contributed by atoms with Crippen LogP contribution in [0.2, 0.25) is 0 Å². The number of ketones is 1. The smallest absolute Gasteiger partial charge is 0.155 e. The topological polar surface area (TPSA) is 17.1 Å². The Morgan fingerprint density at radius 3 is 2.09 bits per heavy atom. The molecule has 0 atom stereocenters. The van der Waals surface area contributed by atoms with E-state index in [0.717, 1.165) is 6.42 Å². The molecule has 0 aromatic carbocycles. The van der Waals surface area contributed by atoms with Gasteiger partial charge in [-0.05, 0) is 25.3 Å². The zero-order valence-electron chi connectivity index (χ0n) is 7.18. The zero-order valence-corrected chi connectivity index (χ0v) is 7.18. The van der Waals surface area contributed by atoms with E-state index >= 15 is 0 Å². The van der Waals surface area contributed by atoms with Crippen LogP contribution >= 0.6 is 0 Å². The minimum absolute atomic E-state index is 0.141. The summed E-state index contributed by atoms with van der Waals surface area (Å²) in [7, 11) is 0. The Hall–Kier alpha value is -0.850. The molecule has 0 saturated heterocycles. The van der Waals surface area contributed by atoms with Crippen molar-refractivity contribution >= 4 is 5.78 Å².